The Bertz CT molecular complexity index is 996. The Hall–Kier alpha value is -2.30. The molecule has 0 saturated heterocycles. The fourth-order valence-electron chi connectivity index (χ4n) is 2.33. The molecule has 0 spiro atoms. The van der Waals surface area contributed by atoms with E-state index in [9.17, 15) is 26.4 Å². The van der Waals surface area contributed by atoms with Crippen molar-refractivity contribution in [2.24, 2.45) is 0 Å². The Kier molecular flexibility index (Phi) is 7.73. The Balaban J connectivity index is 2.01. The fourth-order valence-corrected chi connectivity index (χ4v) is 3.83. The van der Waals surface area contributed by atoms with Gasteiger partial charge in [0.1, 0.15) is 5.75 Å². The molecular formula is C19H20ClF3N2O4S. The summed E-state index contributed by atoms with van der Waals surface area (Å²) in [6.07, 6.45) is -4.07. The van der Waals surface area contributed by atoms with Crippen molar-refractivity contribution >= 4 is 33.2 Å². The van der Waals surface area contributed by atoms with E-state index in [1.807, 2.05) is 6.92 Å². The average Bonchev–Trinajstić information content (AvgIpc) is 2.67. The van der Waals surface area contributed by atoms with Crippen LogP contribution in [0.1, 0.15) is 25.8 Å². The van der Waals surface area contributed by atoms with Gasteiger partial charge >= 0.3 is 6.18 Å². The van der Waals surface area contributed by atoms with Gasteiger partial charge in [0.25, 0.3) is 5.91 Å². The molecule has 30 heavy (non-hydrogen) atoms. The first-order valence-electron chi connectivity index (χ1n) is 8.84. The molecule has 0 aliphatic carbocycles. The van der Waals surface area contributed by atoms with E-state index in [4.69, 9.17) is 16.3 Å². The van der Waals surface area contributed by atoms with Crippen LogP contribution in [-0.2, 0) is 21.0 Å². The molecule has 2 N–H and O–H groups in total. The number of benzene rings is 2. The lowest BCUT2D eigenvalue weighted by Crippen LogP contribution is -2.31. The molecular weight excluding hydrogens is 445 g/mol. The highest BCUT2D eigenvalue weighted by Crippen LogP contribution is 2.36. The summed E-state index contributed by atoms with van der Waals surface area (Å²) in [5.41, 5.74) is -1.52. The van der Waals surface area contributed by atoms with Crippen molar-refractivity contribution in [2.75, 3.05) is 11.9 Å². The Morgan fingerprint density at radius 1 is 1.17 bits per heavy atom. The number of anilines is 1. The van der Waals surface area contributed by atoms with Crippen LogP contribution in [0.2, 0.25) is 5.02 Å². The van der Waals surface area contributed by atoms with Crippen molar-refractivity contribution in [3.8, 4) is 5.75 Å². The molecule has 0 fully saturated rings. The monoisotopic (exact) mass is 464 g/mol. The summed E-state index contributed by atoms with van der Waals surface area (Å²) in [5, 5.41) is 2.01. The first kappa shape index (κ1) is 24.0. The van der Waals surface area contributed by atoms with Crippen molar-refractivity contribution in [3.63, 3.8) is 0 Å². The van der Waals surface area contributed by atoms with Crippen molar-refractivity contribution < 1.29 is 31.1 Å². The number of rotatable bonds is 8. The number of halogens is 4. The molecule has 0 unspecified atom stereocenters. The predicted molar refractivity (Wildman–Crippen MR) is 107 cm³/mol. The second kappa shape index (κ2) is 9.67. The average molecular weight is 465 g/mol. The molecule has 164 valence electrons. The molecule has 2 rings (SSSR count). The zero-order valence-electron chi connectivity index (χ0n) is 16.1. The highest BCUT2D eigenvalue weighted by atomic mass is 35.5. The summed E-state index contributed by atoms with van der Waals surface area (Å²) >= 11 is 5.60. The SMILES string of the molecule is CC[C@@H](C)NS(=O)(=O)c1ccc(OCC(=O)Nc2ccc(Cl)cc2C(F)(F)F)cc1. The van der Waals surface area contributed by atoms with Gasteiger partial charge < -0.3 is 10.1 Å². The van der Waals surface area contributed by atoms with Crippen LogP contribution in [0, 0.1) is 0 Å². The van der Waals surface area contributed by atoms with E-state index in [2.05, 4.69) is 10.0 Å². The number of hydrogen-bond donors (Lipinski definition) is 2. The second-order valence-corrected chi connectivity index (χ2v) is 8.58. The third-order valence-corrected chi connectivity index (χ3v) is 5.87. The third kappa shape index (κ3) is 6.61. The maximum Gasteiger partial charge on any atom is 0.418 e. The lowest BCUT2D eigenvalue weighted by atomic mass is 10.1. The molecule has 0 aliphatic heterocycles. The summed E-state index contributed by atoms with van der Waals surface area (Å²) in [6, 6.07) is 8.06. The van der Waals surface area contributed by atoms with Crippen LogP contribution in [0.4, 0.5) is 18.9 Å². The molecule has 0 heterocycles. The van der Waals surface area contributed by atoms with Gasteiger partial charge in [0.2, 0.25) is 10.0 Å². The zero-order valence-corrected chi connectivity index (χ0v) is 17.7. The zero-order chi connectivity index (χ0) is 22.5. The van der Waals surface area contributed by atoms with Gasteiger partial charge in [-0.25, -0.2) is 13.1 Å². The van der Waals surface area contributed by atoms with Gasteiger partial charge in [-0.2, -0.15) is 13.2 Å². The molecule has 0 aromatic heterocycles. The molecule has 11 heteroatoms. The van der Waals surface area contributed by atoms with Gasteiger partial charge in [-0.1, -0.05) is 18.5 Å². The number of alkyl halides is 3. The second-order valence-electron chi connectivity index (χ2n) is 6.43. The van der Waals surface area contributed by atoms with E-state index >= 15 is 0 Å². The van der Waals surface area contributed by atoms with E-state index in [0.717, 1.165) is 6.07 Å². The minimum atomic E-state index is -4.70. The smallest absolute Gasteiger partial charge is 0.418 e. The third-order valence-electron chi connectivity index (χ3n) is 4.03. The van der Waals surface area contributed by atoms with Crippen molar-refractivity contribution in [1.29, 1.82) is 0 Å². The largest absolute Gasteiger partial charge is 0.484 e. The molecule has 0 saturated carbocycles. The maximum absolute atomic E-state index is 13.1. The number of amides is 1. The molecule has 2 aromatic rings. The summed E-state index contributed by atoms with van der Waals surface area (Å²) < 4.78 is 71.3. The van der Waals surface area contributed by atoms with Crippen LogP contribution >= 0.6 is 11.6 Å². The van der Waals surface area contributed by atoms with Gasteiger partial charge in [0, 0.05) is 11.1 Å². The first-order valence-corrected chi connectivity index (χ1v) is 10.7. The van der Waals surface area contributed by atoms with Crippen molar-refractivity contribution in [2.45, 2.75) is 37.4 Å². The number of sulfonamides is 1. The van der Waals surface area contributed by atoms with E-state index < -0.39 is 40.0 Å². The molecule has 1 atom stereocenters. The van der Waals surface area contributed by atoms with Crippen LogP contribution < -0.4 is 14.8 Å². The number of ether oxygens (including phenoxy) is 1. The molecule has 6 nitrogen and oxygen atoms in total. The Morgan fingerprint density at radius 2 is 1.80 bits per heavy atom. The van der Waals surface area contributed by atoms with E-state index in [1.165, 1.54) is 30.3 Å². The summed E-state index contributed by atoms with van der Waals surface area (Å²) in [4.78, 5) is 12.0. The lowest BCUT2D eigenvalue weighted by Gasteiger charge is -2.15. The van der Waals surface area contributed by atoms with Crippen molar-refractivity contribution in [1.82, 2.24) is 4.72 Å². The molecule has 0 aliphatic rings. The number of carbonyl (C=O) groups excluding carboxylic acids is 1. The van der Waals surface area contributed by atoms with Gasteiger partial charge in [0.15, 0.2) is 6.61 Å². The minimum Gasteiger partial charge on any atom is -0.484 e. The van der Waals surface area contributed by atoms with E-state index in [1.54, 1.807) is 6.92 Å². The number of nitrogens with one attached hydrogen (secondary N) is 2. The lowest BCUT2D eigenvalue weighted by molar-refractivity contribution is -0.137. The fraction of sp³-hybridized carbons (Fsp3) is 0.316. The van der Waals surface area contributed by atoms with Crippen LogP contribution in [0.5, 0.6) is 5.75 Å². The summed E-state index contributed by atoms with van der Waals surface area (Å²) in [5.74, 6) is -0.641. The molecule has 2 aromatic carbocycles. The van der Waals surface area contributed by atoms with Gasteiger partial charge in [-0.05, 0) is 55.8 Å². The Morgan fingerprint density at radius 3 is 2.37 bits per heavy atom. The van der Waals surface area contributed by atoms with Crippen LogP contribution in [0.25, 0.3) is 0 Å². The number of carbonyl (C=O) groups is 1. The predicted octanol–water partition coefficient (Wildman–Crippen LogP) is 4.45. The van der Waals surface area contributed by atoms with Crippen LogP contribution in [0.3, 0.4) is 0 Å². The molecule has 0 bridgehead atoms. The van der Waals surface area contributed by atoms with Crippen molar-refractivity contribution in [3.05, 3.63) is 53.1 Å². The quantitative estimate of drug-likeness (QED) is 0.604. The maximum atomic E-state index is 13.1. The Labute approximate surface area is 177 Å². The minimum absolute atomic E-state index is 0.0237. The molecule has 1 amide bonds. The first-order chi connectivity index (χ1) is 13.9. The van der Waals surface area contributed by atoms with Gasteiger partial charge in [-0.15, -0.1) is 0 Å². The van der Waals surface area contributed by atoms with E-state index in [0.29, 0.717) is 12.5 Å². The molecule has 0 radical (unpaired) electrons. The van der Waals surface area contributed by atoms with Crippen LogP contribution in [0.15, 0.2) is 47.4 Å². The number of hydrogen-bond acceptors (Lipinski definition) is 4. The highest BCUT2D eigenvalue weighted by molar-refractivity contribution is 7.89. The summed E-state index contributed by atoms with van der Waals surface area (Å²) in [7, 11) is -3.68. The topological polar surface area (TPSA) is 84.5 Å². The van der Waals surface area contributed by atoms with Gasteiger partial charge in [-0.3, -0.25) is 4.79 Å². The van der Waals surface area contributed by atoms with Crippen LogP contribution in [-0.4, -0.2) is 27.0 Å². The van der Waals surface area contributed by atoms with Gasteiger partial charge in [0.05, 0.1) is 16.1 Å². The summed E-state index contributed by atoms with van der Waals surface area (Å²) in [6.45, 7) is 3.01. The normalized spacial score (nSPS) is 13.0. The standard InChI is InChI=1S/C19H20ClF3N2O4S/c1-3-12(2)25-30(27,28)15-7-5-14(6-8-15)29-11-18(26)24-17-9-4-13(20)10-16(17)19(21,22)23/h4-10,12,25H,3,11H2,1-2H3,(H,24,26)/t12-/m1/s1. The highest BCUT2D eigenvalue weighted by Gasteiger charge is 2.34. The van der Waals surface area contributed by atoms with E-state index in [-0.39, 0.29) is 21.7 Å².